The maximum absolute atomic E-state index is 11.2. The van der Waals surface area contributed by atoms with Gasteiger partial charge in [-0.05, 0) is 18.8 Å². The number of ketones is 1. The standard InChI is InChI=1S/C10H14N2O/c1-7(13)10-9(6-11-12-10)8-4-2-3-5-8/h6,8H,2-5H2,1H3,(H,11,12). The minimum absolute atomic E-state index is 0.0967. The summed E-state index contributed by atoms with van der Waals surface area (Å²) in [7, 11) is 0. The smallest absolute Gasteiger partial charge is 0.177 e. The van der Waals surface area contributed by atoms with E-state index in [0.717, 1.165) is 5.56 Å². The van der Waals surface area contributed by atoms with Crippen LogP contribution in [-0.4, -0.2) is 16.0 Å². The molecule has 13 heavy (non-hydrogen) atoms. The van der Waals surface area contributed by atoms with E-state index in [0.29, 0.717) is 11.6 Å². The Balaban J connectivity index is 2.28. The first kappa shape index (κ1) is 8.48. The Morgan fingerprint density at radius 2 is 2.23 bits per heavy atom. The lowest BCUT2D eigenvalue weighted by molar-refractivity contribution is 0.101. The van der Waals surface area contributed by atoms with Crippen LogP contribution in [0.2, 0.25) is 0 Å². The summed E-state index contributed by atoms with van der Waals surface area (Å²) in [5.74, 6) is 0.664. The van der Waals surface area contributed by atoms with E-state index < -0.39 is 0 Å². The molecule has 70 valence electrons. The van der Waals surface area contributed by atoms with Crippen molar-refractivity contribution in [1.82, 2.24) is 10.2 Å². The van der Waals surface area contributed by atoms with Crippen LogP contribution in [0.3, 0.4) is 0 Å². The molecule has 0 aliphatic heterocycles. The molecule has 0 bridgehead atoms. The predicted octanol–water partition coefficient (Wildman–Crippen LogP) is 2.27. The molecule has 2 rings (SSSR count). The van der Waals surface area contributed by atoms with E-state index in [-0.39, 0.29) is 5.78 Å². The summed E-state index contributed by atoms with van der Waals surface area (Å²) >= 11 is 0. The van der Waals surface area contributed by atoms with Gasteiger partial charge >= 0.3 is 0 Å². The average Bonchev–Trinajstić information content (AvgIpc) is 2.74. The molecule has 0 saturated heterocycles. The largest absolute Gasteiger partial charge is 0.293 e. The number of H-pyrrole nitrogens is 1. The Morgan fingerprint density at radius 1 is 1.54 bits per heavy atom. The summed E-state index contributed by atoms with van der Waals surface area (Å²) in [4.78, 5) is 11.2. The van der Waals surface area contributed by atoms with Crippen molar-refractivity contribution in [3.63, 3.8) is 0 Å². The van der Waals surface area contributed by atoms with Crippen LogP contribution in [0.1, 0.15) is 54.6 Å². The maximum Gasteiger partial charge on any atom is 0.177 e. The first-order valence-electron chi connectivity index (χ1n) is 4.83. The molecule has 3 nitrogen and oxygen atoms in total. The van der Waals surface area contributed by atoms with Gasteiger partial charge in [-0.2, -0.15) is 5.10 Å². The average molecular weight is 178 g/mol. The van der Waals surface area contributed by atoms with E-state index in [9.17, 15) is 4.79 Å². The van der Waals surface area contributed by atoms with Crippen LogP contribution < -0.4 is 0 Å². The summed E-state index contributed by atoms with van der Waals surface area (Å²) < 4.78 is 0. The van der Waals surface area contributed by atoms with Gasteiger partial charge in [0.1, 0.15) is 5.69 Å². The highest BCUT2D eigenvalue weighted by molar-refractivity contribution is 5.93. The van der Waals surface area contributed by atoms with Crippen molar-refractivity contribution in [2.45, 2.75) is 38.5 Å². The number of aromatic nitrogens is 2. The highest BCUT2D eigenvalue weighted by Gasteiger charge is 2.22. The minimum Gasteiger partial charge on any atom is -0.293 e. The zero-order valence-electron chi connectivity index (χ0n) is 7.84. The van der Waals surface area contributed by atoms with Gasteiger partial charge in [-0.15, -0.1) is 0 Å². The molecule has 0 amide bonds. The molecule has 0 aromatic carbocycles. The number of nitrogens with one attached hydrogen (secondary N) is 1. The van der Waals surface area contributed by atoms with Crippen molar-refractivity contribution in [3.8, 4) is 0 Å². The fourth-order valence-electron chi connectivity index (χ4n) is 2.12. The van der Waals surface area contributed by atoms with Crippen molar-refractivity contribution >= 4 is 5.78 Å². The molecule has 1 saturated carbocycles. The maximum atomic E-state index is 11.2. The van der Waals surface area contributed by atoms with Crippen LogP contribution in [0, 0.1) is 0 Å². The van der Waals surface area contributed by atoms with Gasteiger partial charge in [0.2, 0.25) is 0 Å². The van der Waals surface area contributed by atoms with Crippen LogP contribution >= 0.6 is 0 Å². The molecule has 0 atom stereocenters. The lowest BCUT2D eigenvalue weighted by Gasteiger charge is -2.06. The summed E-state index contributed by atoms with van der Waals surface area (Å²) in [6.45, 7) is 1.59. The van der Waals surface area contributed by atoms with Crippen molar-refractivity contribution < 1.29 is 4.79 Å². The highest BCUT2D eigenvalue weighted by atomic mass is 16.1. The van der Waals surface area contributed by atoms with Crippen LogP contribution in [-0.2, 0) is 0 Å². The highest BCUT2D eigenvalue weighted by Crippen LogP contribution is 2.35. The fraction of sp³-hybridized carbons (Fsp3) is 0.600. The third-order valence-corrected chi connectivity index (χ3v) is 2.82. The Hall–Kier alpha value is -1.12. The topological polar surface area (TPSA) is 45.8 Å². The second kappa shape index (κ2) is 3.32. The molecule has 1 N–H and O–H groups in total. The van der Waals surface area contributed by atoms with Gasteiger partial charge in [-0.25, -0.2) is 0 Å². The number of carbonyl (C=O) groups excluding carboxylic acids is 1. The van der Waals surface area contributed by atoms with Crippen molar-refractivity contribution in [2.24, 2.45) is 0 Å². The van der Waals surface area contributed by atoms with E-state index in [1.54, 1.807) is 6.92 Å². The summed E-state index contributed by atoms with van der Waals surface area (Å²) in [6, 6.07) is 0. The number of rotatable bonds is 2. The lowest BCUT2D eigenvalue weighted by Crippen LogP contribution is -2.01. The van der Waals surface area contributed by atoms with Crippen LogP contribution in [0.5, 0.6) is 0 Å². The zero-order valence-corrected chi connectivity index (χ0v) is 7.84. The minimum atomic E-state index is 0.0967. The van der Waals surface area contributed by atoms with Crippen molar-refractivity contribution in [1.29, 1.82) is 0 Å². The quantitative estimate of drug-likeness (QED) is 0.706. The van der Waals surface area contributed by atoms with Crippen molar-refractivity contribution in [3.05, 3.63) is 17.5 Å². The molecule has 0 unspecified atom stereocenters. The van der Waals surface area contributed by atoms with E-state index in [1.165, 1.54) is 25.7 Å². The van der Waals surface area contributed by atoms with E-state index >= 15 is 0 Å². The van der Waals surface area contributed by atoms with Gasteiger partial charge in [0, 0.05) is 12.5 Å². The summed E-state index contributed by atoms with van der Waals surface area (Å²) in [6.07, 6.45) is 6.80. The van der Waals surface area contributed by atoms with Gasteiger partial charge < -0.3 is 0 Å². The van der Waals surface area contributed by atoms with Crippen LogP contribution in [0.25, 0.3) is 0 Å². The first-order chi connectivity index (χ1) is 6.29. The summed E-state index contributed by atoms with van der Waals surface area (Å²) in [5.41, 5.74) is 1.84. The second-order valence-electron chi connectivity index (χ2n) is 3.74. The van der Waals surface area contributed by atoms with Gasteiger partial charge in [-0.1, -0.05) is 12.8 Å². The number of nitrogens with zero attached hydrogens (tertiary/aromatic N) is 1. The second-order valence-corrected chi connectivity index (χ2v) is 3.74. The third-order valence-electron chi connectivity index (χ3n) is 2.82. The van der Waals surface area contributed by atoms with Gasteiger partial charge in [0.25, 0.3) is 0 Å². The molecule has 0 spiro atoms. The number of hydrogen-bond acceptors (Lipinski definition) is 2. The lowest BCUT2D eigenvalue weighted by atomic mass is 9.97. The van der Waals surface area contributed by atoms with E-state index in [2.05, 4.69) is 10.2 Å². The Morgan fingerprint density at radius 3 is 2.85 bits per heavy atom. The predicted molar refractivity (Wildman–Crippen MR) is 49.8 cm³/mol. The van der Waals surface area contributed by atoms with Gasteiger partial charge in [-0.3, -0.25) is 9.89 Å². The number of carbonyl (C=O) groups is 1. The molecule has 1 heterocycles. The molecule has 3 heteroatoms. The Labute approximate surface area is 77.5 Å². The number of Topliss-reactive ketones (excluding diaryl/α,β-unsaturated/α-hetero) is 1. The van der Waals surface area contributed by atoms with E-state index in [1.807, 2.05) is 6.20 Å². The summed E-state index contributed by atoms with van der Waals surface area (Å²) in [5, 5.41) is 6.72. The van der Waals surface area contributed by atoms with Crippen molar-refractivity contribution in [2.75, 3.05) is 0 Å². The Bertz CT molecular complexity index is 310. The Kier molecular flexibility index (Phi) is 2.17. The SMILES string of the molecule is CC(=O)c1[nH]ncc1C1CCCC1. The molecule has 1 fully saturated rings. The van der Waals surface area contributed by atoms with Gasteiger partial charge in [0.15, 0.2) is 5.78 Å². The van der Waals surface area contributed by atoms with E-state index in [4.69, 9.17) is 0 Å². The molecule has 1 aliphatic carbocycles. The molecule has 1 aromatic heterocycles. The zero-order chi connectivity index (χ0) is 9.26. The van der Waals surface area contributed by atoms with Crippen LogP contribution in [0.4, 0.5) is 0 Å². The third kappa shape index (κ3) is 1.50. The molecule has 1 aliphatic rings. The monoisotopic (exact) mass is 178 g/mol. The molecular weight excluding hydrogens is 164 g/mol. The first-order valence-corrected chi connectivity index (χ1v) is 4.83. The number of aromatic amines is 1. The van der Waals surface area contributed by atoms with Gasteiger partial charge in [0.05, 0.1) is 6.20 Å². The normalized spacial score (nSPS) is 17.9. The molecule has 0 radical (unpaired) electrons. The fourth-order valence-corrected chi connectivity index (χ4v) is 2.12. The number of hydrogen-bond donors (Lipinski definition) is 1. The molecule has 1 aromatic rings. The molecular formula is C10H14N2O. The van der Waals surface area contributed by atoms with Crippen LogP contribution in [0.15, 0.2) is 6.20 Å².